The van der Waals surface area contributed by atoms with Crippen molar-refractivity contribution in [3.8, 4) is 6.07 Å². The summed E-state index contributed by atoms with van der Waals surface area (Å²) < 4.78 is 78.0. The maximum Gasteiger partial charge on any atom is 0.416 e. The molecule has 12 heteroatoms. The van der Waals surface area contributed by atoms with E-state index in [1.54, 1.807) is 12.1 Å². The van der Waals surface area contributed by atoms with Crippen molar-refractivity contribution < 1.29 is 35.6 Å². The second-order valence-electron chi connectivity index (χ2n) is 6.62. The quantitative estimate of drug-likeness (QED) is 0.452. The molecule has 0 heterocycles. The van der Waals surface area contributed by atoms with Gasteiger partial charge in [-0.25, -0.2) is 12.8 Å². The molecule has 1 unspecified atom stereocenters. The van der Waals surface area contributed by atoms with E-state index in [0.29, 0.717) is 12.1 Å². The maximum absolute atomic E-state index is 13.3. The number of benzene rings is 2. The summed E-state index contributed by atoms with van der Waals surface area (Å²) in [5, 5.41) is 12.9. The average Bonchev–Trinajstić information content (AvgIpc) is 2.72. The Morgan fingerprint density at radius 2 is 1.75 bits per heavy atom. The zero-order valence-corrected chi connectivity index (χ0v) is 17.1. The summed E-state index contributed by atoms with van der Waals surface area (Å²) in [5.41, 5.74) is -2.05. The third kappa shape index (κ3) is 7.05. The van der Waals surface area contributed by atoms with Crippen LogP contribution >= 0.6 is 0 Å². The van der Waals surface area contributed by atoms with Gasteiger partial charge >= 0.3 is 6.18 Å². The molecule has 0 saturated heterocycles. The number of rotatable bonds is 8. The molecule has 1 atom stereocenters. The Morgan fingerprint density at radius 1 is 1.09 bits per heavy atom. The van der Waals surface area contributed by atoms with Crippen LogP contribution in [0.25, 0.3) is 0 Å². The van der Waals surface area contributed by atoms with Gasteiger partial charge in [0.2, 0.25) is 5.91 Å². The molecule has 2 rings (SSSR count). The van der Waals surface area contributed by atoms with E-state index < -0.39 is 68.9 Å². The molecule has 0 radical (unpaired) electrons. The minimum Gasteiger partial charge on any atom is -0.341 e. The Morgan fingerprint density at radius 3 is 2.34 bits per heavy atom. The predicted molar refractivity (Wildman–Crippen MR) is 105 cm³/mol. The Labute approximate surface area is 181 Å². The maximum atomic E-state index is 13.3. The molecule has 2 amide bonds. The van der Waals surface area contributed by atoms with Gasteiger partial charge in [0.25, 0.3) is 5.91 Å². The van der Waals surface area contributed by atoms with Gasteiger partial charge in [-0.2, -0.15) is 18.4 Å². The van der Waals surface area contributed by atoms with Crippen LogP contribution < -0.4 is 10.6 Å². The van der Waals surface area contributed by atoms with E-state index in [-0.39, 0.29) is 11.6 Å². The van der Waals surface area contributed by atoms with Crippen molar-refractivity contribution in [3.63, 3.8) is 0 Å². The van der Waals surface area contributed by atoms with Gasteiger partial charge in [-0.3, -0.25) is 9.59 Å². The molecule has 32 heavy (non-hydrogen) atoms. The Hall–Kier alpha value is -3.46. The molecule has 2 aromatic rings. The Balaban J connectivity index is 2.29. The zero-order chi connectivity index (χ0) is 23.9. The standard InChI is InChI=1S/C20H17F4N3O4S/c21-15-7-6-14(16(10-15)20(22,23)24)11-32(30,31)12-17(19(29)26-9-8-25)27-18(28)13-4-2-1-3-5-13/h1-7,10,17H,9,11-12H2,(H,26,29)(H,27,28). The van der Waals surface area contributed by atoms with Crippen LogP contribution in [0.15, 0.2) is 48.5 Å². The molecule has 2 aromatic carbocycles. The van der Waals surface area contributed by atoms with Crippen molar-refractivity contribution in [3.05, 3.63) is 71.0 Å². The van der Waals surface area contributed by atoms with Crippen LogP contribution in [0.4, 0.5) is 17.6 Å². The number of nitrogens with zero attached hydrogens (tertiary/aromatic N) is 1. The van der Waals surface area contributed by atoms with Crippen LogP contribution in [0.2, 0.25) is 0 Å². The zero-order valence-electron chi connectivity index (χ0n) is 16.3. The Bertz CT molecular complexity index is 1130. The number of carbonyl (C=O) groups is 2. The van der Waals surface area contributed by atoms with Crippen molar-refractivity contribution in [1.82, 2.24) is 10.6 Å². The first-order valence-corrected chi connectivity index (χ1v) is 10.8. The van der Waals surface area contributed by atoms with Gasteiger partial charge in [-0.05, 0) is 29.8 Å². The highest BCUT2D eigenvalue weighted by molar-refractivity contribution is 7.90. The van der Waals surface area contributed by atoms with Gasteiger partial charge in [0.05, 0.1) is 23.1 Å². The van der Waals surface area contributed by atoms with Gasteiger partial charge in [0.15, 0.2) is 9.84 Å². The molecule has 0 saturated carbocycles. The molecule has 170 valence electrons. The van der Waals surface area contributed by atoms with E-state index in [9.17, 15) is 35.6 Å². The SMILES string of the molecule is N#CCNC(=O)C(CS(=O)(=O)Cc1ccc(F)cc1C(F)(F)F)NC(=O)c1ccccc1. The number of sulfone groups is 1. The fourth-order valence-corrected chi connectivity index (χ4v) is 4.34. The fourth-order valence-electron chi connectivity index (χ4n) is 2.75. The van der Waals surface area contributed by atoms with Gasteiger partial charge in [0, 0.05) is 5.56 Å². The average molecular weight is 471 g/mol. The normalized spacial score (nSPS) is 12.5. The number of hydrogen-bond acceptors (Lipinski definition) is 5. The lowest BCUT2D eigenvalue weighted by Crippen LogP contribution is -2.50. The van der Waals surface area contributed by atoms with Gasteiger partial charge in [0.1, 0.15) is 18.4 Å². The van der Waals surface area contributed by atoms with Crippen LogP contribution in [0, 0.1) is 17.1 Å². The summed E-state index contributed by atoms with van der Waals surface area (Å²) in [6, 6.07) is 8.99. The molecule has 2 N–H and O–H groups in total. The summed E-state index contributed by atoms with van der Waals surface area (Å²) in [6.45, 7) is -0.479. The molecule has 0 aliphatic carbocycles. The number of alkyl halides is 3. The van der Waals surface area contributed by atoms with Gasteiger partial charge < -0.3 is 10.6 Å². The van der Waals surface area contributed by atoms with E-state index in [4.69, 9.17) is 5.26 Å². The van der Waals surface area contributed by atoms with Crippen molar-refractivity contribution in [2.45, 2.75) is 18.0 Å². The van der Waals surface area contributed by atoms with E-state index in [0.717, 1.165) is 0 Å². The van der Waals surface area contributed by atoms with Crippen LogP contribution in [-0.2, 0) is 26.6 Å². The first kappa shape index (κ1) is 24.8. The number of carbonyl (C=O) groups excluding carboxylic acids is 2. The molecular formula is C20H17F4N3O4S. The van der Waals surface area contributed by atoms with Gasteiger partial charge in [-0.15, -0.1) is 0 Å². The van der Waals surface area contributed by atoms with E-state index in [1.165, 1.54) is 24.3 Å². The monoisotopic (exact) mass is 471 g/mol. The number of halogens is 4. The summed E-state index contributed by atoms with van der Waals surface area (Å²) in [6.07, 6.45) is -5.00. The highest BCUT2D eigenvalue weighted by atomic mass is 32.2. The number of hydrogen-bond donors (Lipinski definition) is 2. The second-order valence-corrected chi connectivity index (χ2v) is 8.73. The van der Waals surface area contributed by atoms with Gasteiger partial charge in [-0.1, -0.05) is 24.3 Å². The minimum atomic E-state index is -5.00. The lowest BCUT2D eigenvalue weighted by Gasteiger charge is -2.19. The highest BCUT2D eigenvalue weighted by Crippen LogP contribution is 2.33. The molecule has 0 fully saturated rings. The summed E-state index contributed by atoms with van der Waals surface area (Å²) in [4.78, 5) is 24.7. The lowest BCUT2D eigenvalue weighted by atomic mass is 10.1. The van der Waals surface area contributed by atoms with E-state index >= 15 is 0 Å². The first-order chi connectivity index (χ1) is 14.9. The van der Waals surface area contributed by atoms with Crippen LogP contribution in [0.3, 0.4) is 0 Å². The predicted octanol–water partition coefficient (Wildman–Crippen LogP) is 2.20. The fraction of sp³-hybridized carbons (Fsp3) is 0.250. The van der Waals surface area contributed by atoms with Crippen molar-refractivity contribution in [2.75, 3.05) is 12.3 Å². The molecule has 0 aliphatic heterocycles. The van der Waals surface area contributed by atoms with Crippen LogP contribution in [0.1, 0.15) is 21.5 Å². The highest BCUT2D eigenvalue weighted by Gasteiger charge is 2.36. The number of nitriles is 1. The second kappa shape index (κ2) is 10.2. The van der Waals surface area contributed by atoms with Crippen molar-refractivity contribution in [2.24, 2.45) is 0 Å². The summed E-state index contributed by atoms with van der Waals surface area (Å²) in [7, 11) is -4.41. The van der Waals surface area contributed by atoms with Crippen LogP contribution in [0.5, 0.6) is 0 Å². The number of nitrogens with one attached hydrogen (secondary N) is 2. The smallest absolute Gasteiger partial charge is 0.341 e. The largest absolute Gasteiger partial charge is 0.416 e. The summed E-state index contributed by atoms with van der Waals surface area (Å²) >= 11 is 0. The third-order valence-electron chi connectivity index (χ3n) is 4.17. The minimum absolute atomic E-state index is 0.112. The number of amides is 2. The topological polar surface area (TPSA) is 116 Å². The summed E-state index contributed by atoms with van der Waals surface area (Å²) in [5.74, 6) is -5.18. The van der Waals surface area contributed by atoms with Crippen molar-refractivity contribution in [1.29, 1.82) is 5.26 Å². The molecule has 0 aliphatic rings. The van der Waals surface area contributed by atoms with Crippen molar-refractivity contribution >= 4 is 21.7 Å². The molecular weight excluding hydrogens is 454 g/mol. The molecule has 7 nitrogen and oxygen atoms in total. The van der Waals surface area contributed by atoms with Crippen LogP contribution in [-0.4, -0.2) is 38.6 Å². The third-order valence-corrected chi connectivity index (χ3v) is 5.76. The molecule has 0 bridgehead atoms. The molecule has 0 aromatic heterocycles. The lowest BCUT2D eigenvalue weighted by molar-refractivity contribution is -0.138. The van der Waals surface area contributed by atoms with E-state index in [2.05, 4.69) is 10.6 Å². The molecule has 0 spiro atoms. The Kier molecular flexibility index (Phi) is 7.93. The van der Waals surface area contributed by atoms with E-state index in [1.807, 2.05) is 0 Å². The first-order valence-electron chi connectivity index (χ1n) is 8.99.